The number of hydrogen-bond donors (Lipinski definition) is 1. The molecule has 0 radical (unpaired) electrons. The minimum absolute atomic E-state index is 0.0185. The number of benzene rings is 1. The Balaban J connectivity index is 2.18. The number of ether oxygens (including phenoxy) is 1. The Morgan fingerprint density at radius 3 is 2.89 bits per heavy atom. The van der Waals surface area contributed by atoms with Crippen molar-refractivity contribution >= 4 is 11.6 Å². The van der Waals surface area contributed by atoms with Crippen LogP contribution in [0.25, 0.3) is 0 Å². The van der Waals surface area contributed by atoms with Gasteiger partial charge in [0.05, 0.1) is 5.69 Å². The molecule has 2 rings (SSSR count). The number of carbonyl (C=O) groups excluding carboxylic acids is 1. The number of aryl methyl sites for hydroxylation is 1. The second-order valence-electron chi connectivity index (χ2n) is 4.64. The molecule has 0 bridgehead atoms. The largest absolute Gasteiger partial charge is 0.479 e. The van der Waals surface area contributed by atoms with Crippen molar-refractivity contribution < 1.29 is 14.6 Å². The van der Waals surface area contributed by atoms with Crippen LogP contribution in [0.4, 0.5) is 5.69 Å². The third-order valence-electron chi connectivity index (χ3n) is 3.24. The first-order valence-corrected chi connectivity index (χ1v) is 6.31. The van der Waals surface area contributed by atoms with Crippen molar-refractivity contribution in [2.24, 2.45) is 0 Å². The molecule has 98 valence electrons. The predicted octanol–water partition coefficient (Wildman–Crippen LogP) is 1.75. The number of amides is 1. The zero-order valence-corrected chi connectivity index (χ0v) is 10.8. The number of unbranched alkanes of at least 4 members (excludes halogenated alkanes) is 1. The Labute approximate surface area is 107 Å². The van der Waals surface area contributed by atoms with E-state index in [1.54, 1.807) is 18.9 Å². The third-order valence-corrected chi connectivity index (χ3v) is 3.24. The van der Waals surface area contributed by atoms with Gasteiger partial charge in [-0.2, -0.15) is 0 Å². The first-order valence-electron chi connectivity index (χ1n) is 6.31. The van der Waals surface area contributed by atoms with E-state index >= 15 is 0 Å². The molecule has 1 N–H and O–H groups in total. The van der Waals surface area contributed by atoms with E-state index in [1.165, 1.54) is 5.56 Å². The highest BCUT2D eigenvalue weighted by molar-refractivity contribution is 5.99. The summed E-state index contributed by atoms with van der Waals surface area (Å²) in [4.78, 5) is 13.5. The summed E-state index contributed by atoms with van der Waals surface area (Å²) >= 11 is 0. The number of aliphatic hydroxyl groups excluding tert-OH is 1. The number of nitrogens with zero attached hydrogens (tertiary/aromatic N) is 1. The summed E-state index contributed by atoms with van der Waals surface area (Å²) in [5.74, 6) is 0.741. The van der Waals surface area contributed by atoms with E-state index in [4.69, 9.17) is 9.84 Å². The van der Waals surface area contributed by atoms with Gasteiger partial charge in [0.2, 0.25) is 0 Å². The number of fused-ring (bicyclic) bond motifs is 1. The van der Waals surface area contributed by atoms with E-state index in [9.17, 15) is 4.79 Å². The molecular formula is C14H19NO3. The quantitative estimate of drug-likeness (QED) is 0.827. The summed E-state index contributed by atoms with van der Waals surface area (Å²) in [6.07, 6.45) is 2.25. The van der Waals surface area contributed by atoms with Gasteiger partial charge in [-0.15, -0.1) is 0 Å². The molecule has 1 aliphatic rings. The molecular weight excluding hydrogens is 230 g/mol. The number of aliphatic hydroxyl groups is 1. The van der Waals surface area contributed by atoms with Gasteiger partial charge in [-0.3, -0.25) is 4.79 Å². The lowest BCUT2D eigenvalue weighted by Crippen LogP contribution is -2.42. The summed E-state index contributed by atoms with van der Waals surface area (Å²) in [6.45, 7) is 1.99. The van der Waals surface area contributed by atoms with Crippen molar-refractivity contribution in [3.8, 4) is 5.75 Å². The molecule has 0 saturated carbocycles. The van der Waals surface area contributed by atoms with Gasteiger partial charge in [0.15, 0.2) is 6.10 Å². The Bertz CT molecular complexity index is 445. The monoisotopic (exact) mass is 249 g/mol. The van der Waals surface area contributed by atoms with Crippen molar-refractivity contribution in [1.82, 2.24) is 0 Å². The maximum absolute atomic E-state index is 11.8. The standard InChI is InChI=1S/C14H19NO3/c1-10-14(17)15(2)12-9-11(5-3-4-8-16)6-7-13(12)18-10/h6-7,9-10,16H,3-5,8H2,1-2H3. The van der Waals surface area contributed by atoms with Crippen LogP contribution in [0.2, 0.25) is 0 Å². The van der Waals surface area contributed by atoms with Crippen LogP contribution in [-0.2, 0) is 11.2 Å². The normalized spacial score (nSPS) is 18.5. The van der Waals surface area contributed by atoms with Gasteiger partial charge >= 0.3 is 0 Å². The lowest BCUT2D eigenvalue weighted by molar-refractivity contribution is -0.125. The van der Waals surface area contributed by atoms with Gasteiger partial charge in [0.1, 0.15) is 5.75 Å². The van der Waals surface area contributed by atoms with E-state index in [1.807, 2.05) is 18.2 Å². The van der Waals surface area contributed by atoms with E-state index in [0.717, 1.165) is 30.7 Å². The second-order valence-corrected chi connectivity index (χ2v) is 4.64. The summed E-state index contributed by atoms with van der Waals surface area (Å²) < 4.78 is 5.56. The van der Waals surface area contributed by atoms with Crippen LogP contribution < -0.4 is 9.64 Å². The van der Waals surface area contributed by atoms with Crippen LogP contribution in [0.15, 0.2) is 18.2 Å². The molecule has 0 aliphatic carbocycles. The fraction of sp³-hybridized carbons (Fsp3) is 0.500. The number of carbonyl (C=O) groups is 1. The van der Waals surface area contributed by atoms with Crippen LogP contribution in [-0.4, -0.2) is 30.8 Å². The number of likely N-dealkylation sites (N-methyl/N-ethyl adjacent to an activating group) is 1. The van der Waals surface area contributed by atoms with Crippen molar-refractivity contribution in [1.29, 1.82) is 0 Å². The number of anilines is 1. The lowest BCUT2D eigenvalue weighted by Gasteiger charge is -2.30. The van der Waals surface area contributed by atoms with Gasteiger partial charge in [-0.05, 0) is 43.9 Å². The molecule has 1 heterocycles. The molecule has 0 saturated heterocycles. The van der Waals surface area contributed by atoms with Gasteiger partial charge in [0.25, 0.3) is 5.91 Å². The van der Waals surface area contributed by atoms with Crippen LogP contribution in [0.5, 0.6) is 5.75 Å². The maximum atomic E-state index is 11.8. The molecule has 0 spiro atoms. The second kappa shape index (κ2) is 5.40. The zero-order valence-electron chi connectivity index (χ0n) is 10.8. The maximum Gasteiger partial charge on any atom is 0.267 e. The molecule has 0 fully saturated rings. The Kier molecular flexibility index (Phi) is 3.87. The Morgan fingerprint density at radius 2 is 2.17 bits per heavy atom. The van der Waals surface area contributed by atoms with Crippen molar-refractivity contribution in [3.05, 3.63) is 23.8 Å². The van der Waals surface area contributed by atoms with E-state index in [2.05, 4.69) is 0 Å². The fourth-order valence-corrected chi connectivity index (χ4v) is 2.15. The molecule has 0 aromatic heterocycles. The molecule has 4 heteroatoms. The van der Waals surface area contributed by atoms with Crippen LogP contribution in [0, 0.1) is 0 Å². The third kappa shape index (κ3) is 2.48. The summed E-state index contributed by atoms with van der Waals surface area (Å²) in [7, 11) is 1.78. The average molecular weight is 249 g/mol. The van der Waals surface area contributed by atoms with Gasteiger partial charge < -0.3 is 14.7 Å². The van der Waals surface area contributed by atoms with Crippen molar-refractivity contribution in [2.45, 2.75) is 32.3 Å². The minimum atomic E-state index is -0.414. The molecule has 4 nitrogen and oxygen atoms in total. The van der Waals surface area contributed by atoms with Crippen molar-refractivity contribution in [2.75, 3.05) is 18.6 Å². The van der Waals surface area contributed by atoms with E-state index in [-0.39, 0.29) is 12.5 Å². The van der Waals surface area contributed by atoms with Crippen molar-refractivity contribution in [3.63, 3.8) is 0 Å². The van der Waals surface area contributed by atoms with Gasteiger partial charge in [0, 0.05) is 13.7 Å². The van der Waals surface area contributed by atoms with E-state index < -0.39 is 6.10 Å². The van der Waals surface area contributed by atoms with Crippen LogP contribution >= 0.6 is 0 Å². The van der Waals surface area contributed by atoms with Gasteiger partial charge in [-0.25, -0.2) is 0 Å². The SMILES string of the molecule is CC1Oc2ccc(CCCCO)cc2N(C)C1=O. The molecule has 1 amide bonds. The molecule has 1 aliphatic heterocycles. The minimum Gasteiger partial charge on any atom is -0.479 e. The number of hydrogen-bond acceptors (Lipinski definition) is 3. The fourth-order valence-electron chi connectivity index (χ4n) is 2.15. The topological polar surface area (TPSA) is 49.8 Å². The first-order chi connectivity index (χ1) is 8.63. The Hall–Kier alpha value is -1.55. The summed E-state index contributed by atoms with van der Waals surface area (Å²) in [5.41, 5.74) is 2.00. The van der Waals surface area contributed by atoms with Crippen LogP contribution in [0.3, 0.4) is 0 Å². The molecule has 1 aromatic carbocycles. The van der Waals surface area contributed by atoms with Gasteiger partial charge in [-0.1, -0.05) is 6.07 Å². The Morgan fingerprint density at radius 1 is 1.39 bits per heavy atom. The van der Waals surface area contributed by atoms with E-state index in [0.29, 0.717) is 0 Å². The zero-order chi connectivity index (χ0) is 13.1. The first kappa shape index (κ1) is 12.9. The molecule has 18 heavy (non-hydrogen) atoms. The predicted molar refractivity (Wildman–Crippen MR) is 70.0 cm³/mol. The van der Waals surface area contributed by atoms with Crippen LogP contribution in [0.1, 0.15) is 25.3 Å². The molecule has 1 aromatic rings. The molecule has 1 unspecified atom stereocenters. The highest BCUT2D eigenvalue weighted by Crippen LogP contribution is 2.34. The summed E-state index contributed by atoms with van der Waals surface area (Å²) in [5, 5.41) is 8.77. The summed E-state index contributed by atoms with van der Waals surface area (Å²) in [6, 6.07) is 5.94. The number of rotatable bonds is 4. The lowest BCUT2D eigenvalue weighted by atomic mass is 10.1. The highest BCUT2D eigenvalue weighted by Gasteiger charge is 2.28. The smallest absolute Gasteiger partial charge is 0.267 e. The average Bonchev–Trinajstić information content (AvgIpc) is 2.37. The molecule has 1 atom stereocenters. The highest BCUT2D eigenvalue weighted by atomic mass is 16.5.